The summed E-state index contributed by atoms with van der Waals surface area (Å²) in [5.41, 5.74) is 0. The SMILES string of the molecule is CNC(C)CNC(=O)CC1CCCO1.Cl. The van der Waals surface area contributed by atoms with Gasteiger partial charge in [0.05, 0.1) is 12.5 Å². The molecule has 1 aliphatic heterocycles. The van der Waals surface area contributed by atoms with Crippen LogP contribution in [0.1, 0.15) is 26.2 Å². The van der Waals surface area contributed by atoms with Crippen molar-refractivity contribution in [1.82, 2.24) is 10.6 Å². The molecule has 1 amide bonds. The zero-order chi connectivity index (χ0) is 10.4. The fraction of sp³-hybridized carbons (Fsp3) is 0.900. The van der Waals surface area contributed by atoms with Crippen LogP contribution in [-0.4, -0.2) is 38.3 Å². The Morgan fingerprint density at radius 3 is 2.87 bits per heavy atom. The van der Waals surface area contributed by atoms with Gasteiger partial charge in [-0.25, -0.2) is 0 Å². The summed E-state index contributed by atoms with van der Waals surface area (Å²) in [4.78, 5) is 11.4. The van der Waals surface area contributed by atoms with Gasteiger partial charge in [-0.05, 0) is 26.8 Å². The van der Waals surface area contributed by atoms with Crippen LogP contribution in [0, 0.1) is 0 Å². The topological polar surface area (TPSA) is 50.4 Å². The zero-order valence-electron chi connectivity index (χ0n) is 9.41. The number of carbonyl (C=O) groups is 1. The van der Waals surface area contributed by atoms with Crippen molar-refractivity contribution in [3.8, 4) is 0 Å². The van der Waals surface area contributed by atoms with Gasteiger partial charge in [-0.15, -0.1) is 12.4 Å². The molecule has 1 saturated heterocycles. The molecule has 1 rings (SSSR count). The lowest BCUT2D eigenvalue weighted by molar-refractivity contribution is -0.123. The minimum atomic E-state index is 0. The molecule has 90 valence electrons. The number of carbonyl (C=O) groups excluding carboxylic acids is 1. The molecule has 0 aromatic carbocycles. The summed E-state index contributed by atoms with van der Waals surface area (Å²) in [7, 11) is 1.89. The highest BCUT2D eigenvalue weighted by Gasteiger charge is 2.18. The Labute approximate surface area is 97.5 Å². The zero-order valence-corrected chi connectivity index (χ0v) is 10.2. The van der Waals surface area contributed by atoms with Gasteiger partial charge in [0.25, 0.3) is 0 Å². The summed E-state index contributed by atoms with van der Waals surface area (Å²) >= 11 is 0. The third-order valence-corrected chi connectivity index (χ3v) is 2.54. The normalized spacial score (nSPS) is 21.9. The first-order chi connectivity index (χ1) is 6.72. The van der Waals surface area contributed by atoms with E-state index >= 15 is 0 Å². The maximum absolute atomic E-state index is 11.4. The molecule has 2 unspecified atom stereocenters. The molecule has 0 radical (unpaired) electrons. The van der Waals surface area contributed by atoms with Crippen molar-refractivity contribution in [2.75, 3.05) is 20.2 Å². The number of nitrogens with one attached hydrogen (secondary N) is 2. The van der Waals surface area contributed by atoms with Gasteiger partial charge in [0.2, 0.25) is 5.91 Å². The van der Waals surface area contributed by atoms with Crippen LogP contribution in [-0.2, 0) is 9.53 Å². The van der Waals surface area contributed by atoms with Crippen molar-refractivity contribution in [2.45, 2.75) is 38.3 Å². The third-order valence-electron chi connectivity index (χ3n) is 2.54. The Bertz CT molecular complexity index is 184. The monoisotopic (exact) mass is 236 g/mol. The second-order valence-electron chi connectivity index (χ2n) is 3.83. The van der Waals surface area contributed by atoms with Crippen LogP contribution in [0.4, 0.5) is 0 Å². The Balaban J connectivity index is 0.00000196. The molecule has 0 aliphatic carbocycles. The van der Waals surface area contributed by atoms with E-state index in [4.69, 9.17) is 4.74 Å². The molecule has 1 fully saturated rings. The Morgan fingerprint density at radius 1 is 1.60 bits per heavy atom. The number of ether oxygens (including phenoxy) is 1. The van der Waals surface area contributed by atoms with Gasteiger partial charge in [0.1, 0.15) is 0 Å². The standard InChI is InChI=1S/C10H20N2O2.ClH/c1-8(11-2)7-12-10(13)6-9-4-3-5-14-9;/h8-9,11H,3-7H2,1-2H3,(H,12,13);1H. The number of hydrogen-bond acceptors (Lipinski definition) is 3. The lowest BCUT2D eigenvalue weighted by Crippen LogP contribution is -2.38. The summed E-state index contributed by atoms with van der Waals surface area (Å²) in [6.07, 6.45) is 2.77. The average Bonchev–Trinajstić information content (AvgIpc) is 2.66. The van der Waals surface area contributed by atoms with Gasteiger partial charge in [0.15, 0.2) is 0 Å². The van der Waals surface area contributed by atoms with Crippen molar-refractivity contribution in [3.63, 3.8) is 0 Å². The number of halogens is 1. The van der Waals surface area contributed by atoms with Gasteiger partial charge in [-0.3, -0.25) is 4.79 Å². The first-order valence-corrected chi connectivity index (χ1v) is 5.28. The molecule has 2 N–H and O–H groups in total. The van der Waals surface area contributed by atoms with Crippen molar-refractivity contribution >= 4 is 18.3 Å². The molecular weight excluding hydrogens is 216 g/mol. The van der Waals surface area contributed by atoms with E-state index in [1.54, 1.807) is 0 Å². The predicted octanol–water partition coefficient (Wildman–Crippen LogP) is 0.701. The maximum atomic E-state index is 11.4. The highest BCUT2D eigenvalue weighted by Crippen LogP contribution is 2.14. The van der Waals surface area contributed by atoms with Gasteiger partial charge in [0, 0.05) is 19.2 Å². The molecule has 0 bridgehead atoms. The van der Waals surface area contributed by atoms with E-state index in [-0.39, 0.29) is 24.4 Å². The Hall–Kier alpha value is -0.320. The number of hydrogen-bond donors (Lipinski definition) is 2. The van der Waals surface area contributed by atoms with E-state index in [1.807, 2.05) is 14.0 Å². The minimum Gasteiger partial charge on any atom is -0.378 e. The van der Waals surface area contributed by atoms with Crippen LogP contribution < -0.4 is 10.6 Å². The molecule has 0 saturated carbocycles. The predicted molar refractivity (Wildman–Crippen MR) is 62.4 cm³/mol. The minimum absolute atomic E-state index is 0. The van der Waals surface area contributed by atoms with Crippen LogP contribution in [0.25, 0.3) is 0 Å². The highest BCUT2D eigenvalue weighted by molar-refractivity contribution is 5.85. The van der Waals surface area contributed by atoms with E-state index in [0.29, 0.717) is 19.0 Å². The van der Waals surface area contributed by atoms with Crippen LogP contribution >= 0.6 is 12.4 Å². The number of rotatable bonds is 5. The van der Waals surface area contributed by atoms with Crippen molar-refractivity contribution in [2.24, 2.45) is 0 Å². The second-order valence-corrected chi connectivity index (χ2v) is 3.83. The highest BCUT2D eigenvalue weighted by atomic mass is 35.5. The Kier molecular flexibility index (Phi) is 7.74. The molecule has 0 spiro atoms. The summed E-state index contributed by atoms with van der Waals surface area (Å²) in [5, 5.41) is 5.95. The van der Waals surface area contributed by atoms with Crippen LogP contribution in [0.3, 0.4) is 0 Å². The lowest BCUT2D eigenvalue weighted by Gasteiger charge is -2.13. The fourth-order valence-electron chi connectivity index (χ4n) is 1.45. The third kappa shape index (κ3) is 5.97. The summed E-state index contributed by atoms with van der Waals surface area (Å²) in [5.74, 6) is 0.0963. The van der Waals surface area contributed by atoms with Crippen molar-refractivity contribution < 1.29 is 9.53 Å². The summed E-state index contributed by atoms with van der Waals surface area (Å²) in [6, 6.07) is 0.323. The quantitative estimate of drug-likeness (QED) is 0.739. The molecule has 15 heavy (non-hydrogen) atoms. The first kappa shape index (κ1) is 14.7. The first-order valence-electron chi connectivity index (χ1n) is 5.28. The molecule has 4 nitrogen and oxygen atoms in total. The van der Waals surface area contributed by atoms with Gasteiger partial charge in [-0.1, -0.05) is 0 Å². The average molecular weight is 237 g/mol. The molecule has 0 aromatic heterocycles. The summed E-state index contributed by atoms with van der Waals surface area (Å²) < 4.78 is 5.38. The molecule has 5 heteroatoms. The Morgan fingerprint density at radius 2 is 2.33 bits per heavy atom. The van der Waals surface area contributed by atoms with Crippen LogP contribution in [0.2, 0.25) is 0 Å². The van der Waals surface area contributed by atoms with E-state index < -0.39 is 0 Å². The molecule has 1 heterocycles. The number of amides is 1. The van der Waals surface area contributed by atoms with E-state index in [9.17, 15) is 4.79 Å². The van der Waals surface area contributed by atoms with E-state index in [1.165, 1.54) is 0 Å². The fourth-order valence-corrected chi connectivity index (χ4v) is 1.45. The van der Waals surface area contributed by atoms with Crippen molar-refractivity contribution in [1.29, 1.82) is 0 Å². The van der Waals surface area contributed by atoms with Crippen LogP contribution in [0.5, 0.6) is 0 Å². The smallest absolute Gasteiger partial charge is 0.222 e. The molecular formula is C10H21ClN2O2. The molecule has 1 aliphatic rings. The van der Waals surface area contributed by atoms with E-state index in [2.05, 4.69) is 10.6 Å². The largest absolute Gasteiger partial charge is 0.378 e. The van der Waals surface area contributed by atoms with E-state index in [0.717, 1.165) is 19.4 Å². The molecule has 0 aromatic rings. The van der Waals surface area contributed by atoms with Gasteiger partial charge in [-0.2, -0.15) is 0 Å². The lowest BCUT2D eigenvalue weighted by atomic mass is 10.2. The molecule has 2 atom stereocenters. The van der Waals surface area contributed by atoms with Gasteiger partial charge >= 0.3 is 0 Å². The maximum Gasteiger partial charge on any atom is 0.222 e. The van der Waals surface area contributed by atoms with Crippen LogP contribution in [0.15, 0.2) is 0 Å². The van der Waals surface area contributed by atoms with Gasteiger partial charge < -0.3 is 15.4 Å². The second kappa shape index (κ2) is 7.91. The number of likely N-dealkylation sites (N-methyl/N-ethyl adjacent to an activating group) is 1. The van der Waals surface area contributed by atoms with Crippen molar-refractivity contribution in [3.05, 3.63) is 0 Å². The summed E-state index contributed by atoms with van der Waals surface area (Å²) in [6.45, 7) is 3.53.